The van der Waals surface area contributed by atoms with Crippen molar-refractivity contribution in [2.45, 2.75) is 11.8 Å². The zero-order valence-electron chi connectivity index (χ0n) is 15.6. The Balaban J connectivity index is 1.76. The lowest BCUT2D eigenvalue weighted by molar-refractivity contribution is 0.102. The predicted octanol–water partition coefficient (Wildman–Crippen LogP) is 4.79. The van der Waals surface area contributed by atoms with Gasteiger partial charge in [0.15, 0.2) is 0 Å². The second-order valence-corrected chi connectivity index (χ2v) is 8.17. The Morgan fingerprint density at radius 1 is 0.966 bits per heavy atom. The molecule has 0 atom stereocenters. The summed E-state index contributed by atoms with van der Waals surface area (Å²) in [5.41, 5.74) is 1.17. The third kappa shape index (κ3) is 5.49. The van der Waals surface area contributed by atoms with Gasteiger partial charge >= 0.3 is 0 Å². The molecule has 3 rings (SSSR count). The Hall–Kier alpha value is -3.03. The molecule has 3 aromatic carbocycles. The molecule has 0 aliphatic heterocycles. The topological polar surface area (TPSA) is 84.5 Å². The first kappa shape index (κ1) is 20.7. The van der Waals surface area contributed by atoms with Gasteiger partial charge in [-0.25, -0.2) is 8.42 Å². The van der Waals surface area contributed by atoms with Crippen LogP contribution in [0.3, 0.4) is 0 Å². The van der Waals surface area contributed by atoms with E-state index in [0.717, 1.165) is 0 Å². The number of sulfonamides is 1. The molecule has 0 aromatic heterocycles. The van der Waals surface area contributed by atoms with Gasteiger partial charge in [-0.3, -0.25) is 9.52 Å². The van der Waals surface area contributed by atoms with E-state index in [1.54, 1.807) is 54.6 Å². The van der Waals surface area contributed by atoms with Crippen molar-refractivity contribution in [3.05, 3.63) is 83.4 Å². The average molecular weight is 431 g/mol. The van der Waals surface area contributed by atoms with Crippen LogP contribution in [0.5, 0.6) is 5.75 Å². The maximum absolute atomic E-state index is 12.7. The van der Waals surface area contributed by atoms with Crippen LogP contribution in [0.15, 0.2) is 77.7 Å². The minimum atomic E-state index is -3.86. The molecule has 8 heteroatoms. The molecule has 2 N–H and O–H groups in total. The number of carbonyl (C=O) groups is 1. The second kappa shape index (κ2) is 8.98. The van der Waals surface area contributed by atoms with Gasteiger partial charge in [0, 0.05) is 22.0 Å². The standard InChI is InChI=1S/C21H19ClN2O4S/c1-2-28-19-12-10-18(11-13-19)24-29(26,27)20-5-3-4-15(14-20)21(25)23-17-8-6-16(22)7-9-17/h3-14,24H,2H2,1H3,(H,23,25). The van der Waals surface area contributed by atoms with E-state index in [2.05, 4.69) is 10.0 Å². The lowest BCUT2D eigenvalue weighted by atomic mass is 10.2. The number of carbonyl (C=O) groups excluding carboxylic acids is 1. The number of anilines is 2. The molecule has 0 heterocycles. The maximum atomic E-state index is 12.7. The van der Waals surface area contributed by atoms with Crippen molar-refractivity contribution in [1.29, 1.82) is 0 Å². The number of hydrogen-bond donors (Lipinski definition) is 2. The number of halogens is 1. The fourth-order valence-corrected chi connectivity index (χ4v) is 3.77. The van der Waals surface area contributed by atoms with E-state index in [1.807, 2.05) is 6.92 Å². The van der Waals surface area contributed by atoms with Crippen molar-refractivity contribution in [3.63, 3.8) is 0 Å². The highest BCUT2D eigenvalue weighted by atomic mass is 35.5. The van der Waals surface area contributed by atoms with Crippen molar-refractivity contribution in [3.8, 4) is 5.75 Å². The molecular weight excluding hydrogens is 412 g/mol. The van der Waals surface area contributed by atoms with Gasteiger partial charge in [0.2, 0.25) is 0 Å². The molecule has 6 nitrogen and oxygen atoms in total. The highest BCUT2D eigenvalue weighted by Gasteiger charge is 2.17. The molecule has 1 amide bonds. The van der Waals surface area contributed by atoms with Crippen molar-refractivity contribution in [2.24, 2.45) is 0 Å². The molecule has 0 spiro atoms. The predicted molar refractivity (Wildman–Crippen MR) is 114 cm³/mol. The minimum Gasteiger partial charge on any atom is -0.494 e. The van der Waals surface area contributed by atoms with Crippen LogP contribution in [0.25, 0.3) is 0 Å². The van der Waals surface area contributed by atoms with Crippen molar-refractivity contribution in [2.75, 3.05) is 16.6 Å². The summed E-state index contributed by atoms with van der Waals surface area (Å²) in [6.45, 7) is 2.39. The Morgan fingerprint density at radius 2 is 1.62 bits per heavy atom. The highest BCUT2D eigenvalue weighted by molar-refractivity contribution is 7.92. The molecule has 0 aliphatic carbocycles. The molecule has 0 unspecified atom stereocenters. The summed E-state index contributed by atoms with van der Waals surface area (Å²) >= 11 is 5.83. The SMILES string of the molecule is CCOc1ccc(NS(=O)(=O)c2cccc(C(=O)Nc3ccc(Cl)cc3)c2)cc1. The maximum Gasteiger partial charge on any atom is 0.261 e. The van der Waals surface area contributed by atoms with Gasteiger partial charge in [-0.2, -0.15) is 0 Å². The first-order valence-electron chi connectivity index (χ1n) is 8.80. The van der Waals surface area contributed by atoms with E-state index in [1.165, 1.54) is 18.2 Å². The number of benzene rings is 3. The van der Waals surface area contributed by atoms with Crippen molar-refractivity contribution >= 4 is 38.9 Å². The summed E-state index contributed by atoms with van der Waals surface area (Å²) in [6, 6.07) is 19.0. The Kier molecular flexibility index (Phi) is 6.41. The van der Waals surface area contributed by atoms with E-state index in [4.69, 9.17) is 16.3 Å². The Labute approximate surface area is 174 Å². The monoisotopic (exact) mass is 430 g/mol. The largest absolute Gasteiger partial charge is 0.494 e. The second-order valence-electron chi connectivity index (χ2n) is 6.05. The molecule has 0 radical (unpaired) electrons. The van der Waals surface area contributed by atoms with Crippen LogP contribution in [0.2, 0.25) is 5.02 Å². The van der Waals surface area contributed by atoms with E-state index in [9.17, 15) is 13.2 Å². The summed E-state index contributed by atoms with van der Waals surface area (Å²) < 4.78 is 33.2. The number of hydrogen-bond acceptors (Lipinski definition) is 4. The zero-order valence-corrected chi connectivity index (χ0v) is 17.1. The third-order valence-corrected chi connectivity index (χ3v) is 5.56. The van der Waals surface area contributed by atoms with E-state index < -0.39 is 15.9 Å². The van der Waals surface area contributed by atoms with Crippen LogP contribution >= 0.6 is 11.6 Å². The van der Waals surface area contributed by atoms with Crippen LogP contribution < -0.4 is 14.8 Å². The number of nitrogens with one attached hydrogen (secondary N) is 2. The van der Waals surface area contributed by atoms with Gasteiger partial charge < -0.3 is 10.1 Å². The smallest absolute Gasteiger partial charge is 0.261 e. The van der Waals surface area contributed by atoms with Crippen LogP contribution in [0, 0.1) is 0 Å². The van der Waals surface area contributed by atoms with E-state index >= 15 is 0 Å². The molecule has 0 aliphatic rings. The van der Waals surface area contributed by atoms with Gasteiger partial charge in [-0.1, -0.05) is 17.7 Å². The van der Waals surface area contributed by atoms with Crippen LogP contribution in [0.1, 0.15) is 17.3 Å². The van der Waals surface area contributed by atoms with Crippen molar-refractivity contribution in [1.82, 2.24) is 0 Å². The summed E-state index contributed by atoms with van der Waals surface area (Å²) in [6.07, 6.45) is 0. The summed E-state index contributed by atoms with van der Waals surface area (Å²) in [5, 5.41) is 3.26. The average Bonchev–Trinajstić information content (AvgIpc) is 2.71. The molecule has 150 valence electrons. The molecule has 3 aromatic rings. The molecule has 29 heavy (non-hydrogen) atoms. The van der Waals surface area contributed by atoms with E-state index in [0.29, 0.717) is 28.8 Å². The van der Waals surface area contributed by atoms with Gasteiger partial charge in [0.1, 0.15) is 5.75 Å². The van der Waals surface area contributed by atoms with Crippen molar-refractivity contribution < 1.29 is 17.9 Å². The first-order chi connectivity index (χ1) is 13.9. The molecule has 0 saturated heterocycles. The van der Waals surface area contributed by atoms with Crippen LogP contribution in [-0.4, -0.2) is 20.9 Å². The van der Waals surface area contributed by atoms with Gasteiger partial charge in [0.05, 0.1) is 11.5 Å². The Morgan fingerprint density at radius 3 is 2.28 bits per heavy atom. The quantitative estimate of drug-likeness (QED) is 0.564. The lowest BCUT2D eigenvalue weighted by Crippen LogP contribution is -2.16. The fourth-order valence-electron chi connectivity index (χ4n) is 2.54. The highest BCUT2D eigenvalue weighted by Crippen LogP contribution is 2.21. The van der Waals surface area contributed by atoms with Gasteiger partial charge in [-0.15, -0.1) is 0 Å². The van der Waals surface area contributed by atoms with Crippen LogP contribution in [0.4, 0.5) is 11.4 Å². The molecule has 0 saturated carbocycles. The zero-order chi connectivity index (χ0) is 20.9. The first-order valence-corrected chi connectivity index (χ1v) is 10.7. The lowest BCUT2D eigenvalue weighted by Gasteiger charge is -2.11. The number of amides is 1. The van der Waals surface area contributed by atoms with Crippen LogP contribution in [-0.2, 0) is 10.0 Å². The summed E-state index contributed by atoms with van der Waals surface area (Å²) in [5.74, 6) is 0.224. The van der Waals surface area contributed by atoms with Gasteiger partial charge in [-0.05, 0) is 73.7 Å². The number of rotatable bonds is 7. The summed E-state index contributed by atoms with van der Waals surface area (Å²) in [7, 11) is -3.86. The molecule has 0 fully saturated rings. The van der Waals surface area contributed by atoms with Gasteiger partial charge in [0.25, 0.3) is 15.9 Å². The Bertz CT molecular complexity index is 1100. The fraction of sp³-hybridized carbons (Fsp3) is 0.0952. The minimum absolute atomic E-state index is 0.0184. The molecule has 0 bridgehead atoms. The number of ether oxygens (including phenoxy) is 1. The third-order valence-electron chi connectivity index (χ3n) is 3.93. The van der Waals surface area contributed by atoms with E-state index in [-0.39, 0.29) is 10.5 Å². The summed E-state index contributed by atoms with van der Waals surface area (Å²) in [4.78, 5) is 12.4. The molecular formula is C21H19ClN2O4S. The normalized spacial score (nSPS) is 11.0.